The minimum absolute atomic E-state index is 0.0606. The van der Waals surface area contributed by atoms with Crippen LogP contribution in [0.2, 0.25) is 0 Å². The minimum Gasteiger partial charge on any atom is -0.338 e. The van der Waals surface area contributed by atoms with Crippen molar-refractivity contribution >= 4 is 32.9 Å². The molecule has 106 valence electrons. The molecule has 4 nitrogen and oxygen atoms in total. The predicted octanol–water partition coefficient (Wildman–Crippen LogP) is 3.27. The average molecular weight is 336 g/mol. The number of aromatic nitrogens is 2. The van der Waals surface area contributed by atoms with Gasteiger partial charge in [-0.25, -0.2) is 0 Å². The lowest BCUT2D eigenvalue weighted by atomic mass is 10.1. The molecule has 0 aliphatic heterocycles. The van der Waals surface area contributed by atoms with E-state index in [4.69, 9.17) is 0 Å². The number of unbranched alkanes of at least 4 members (excludes halogenated alkanes) is 1. The Morgan fingerprint density at radius 1 is 1.20 bits per heavy atom. The van der Waals surface area contributed by atoms with Crippen LogP contribution in [0.5, 0.6) is 0 Å². The standard InChI is InChI=1S/C15H18BrN3O/c1-2-3-9-19(10-6-16)15(20)12-4-5-13-14(11-12)18-8-7-17-13/h4-5,7-8,11H,2-3,6,9-10H2,1H3. The van der Waals surface area contributed by atoms with Gasteiger partial charge in [0, 0.05) is 36.4 Å². The first-order chi connectivity index (χ1) is 9.76. The van der Waals surface area contributed by atoms with Gasteiger partial charge in [0.05, 0.1) is 11.0 Å². The molecular weight excluding hydrogens is 318 g/mol. The van der Waals surface area contributed by atoms with Crippen LogP contribution >= 0.6 is 15.9 Å². The largest absolute Gasteiger partial charge is 0.338 e. The first-order valence-electron chi connectivity index (χ1n) is 6.82. The van der Waals surface area contributed by atoms with E-state index in [1.165, 1.54) is 0 Å². The van der Waals surface area contributed by atoms with Crippen LogP contribution in [-0.4, -0.2) is 39.2 Å². The summed E-state index contributed by atoms with van der Waals surface area (Å²) in [5, 5.41) is 0.788. The van der Waals surface area contributed by atoms with Gasteiger partial charge in [-0.2, -0.15) is 0 Å². The van der Waals surface area contributed by atoms with Gasteiger partial charge in [-0.1, -0.05) is 29.3 Å². The van der Waals surface area contributed by atoms with Crippen molar-refractivity contribution in [3.63, 3.8) is 0 Å². The monoisotopic (exact) mass is 335 g/mol. The number of alkyl halides is 1. The highest BCUT2D eigenvalue weighted by molar-refractivity contribution is 9.09. The third-order valence-corrected chi connectivity index (χ3v) is 3.49. The SMILES string of the molecule is CCCCN(CCBr)C(=O)c1ccc2nccnc2c1. The smallest absolute Gasteiger partial charge is 0.253 e. The van der Waals surface area contributed by atoms with E-state index in [2.05, 4.69) is 32.8 Å². The summed E-state index contributed by atoms with van der Waals surface area (Å²) in [6.07, 6.45) is 5.40. The van der Waals surface area contributed by atoms with E-state index in [-0.39, 0.29) is 5.91 Å². The van der Waals surface area contributed by atoms with E-state index in [9.17, 15) is 4.79 Å². The van der Waals surface area contributed by atoms with Crippen LogP contribution < -0.4 is 0 Å². The van der Waals surface area contributed by atoms with E-state index in [1.54, 1.807) is 12.4 Å². The van der Waals surface area contributed by atoms with E-state index in [1.807, 2.05) is 23.1 Å². The number of fused-ring (bicyclic) bond motifs is 1. The number of hydrogen-bond donors (Lipinski definition) is 0. The van der Waals surface area contributed by atoms with Gasteiger partial charge in [0.15, 0.2) is 0 Å². The maximum atomic E-state index is 12.5. The topological polar surface area (TPSA) is 46.1 Å². The molecule has 0 radical (unpaired) electrons. The molecule has 1 aromatic carbocycles. The Labute approximate surface area is 127 Å². The summed E-state index contributed by atoms with van der Waals surface area (Å²) in [5.74, 6) is 0.0606. The number of nitrogens with zero attached hydrogens (tertiary/aromatic N) is 3. The lowest BCUT2D eigenvalue weighted by molar-refractivity contribution is 0.0764. The molecule has 0 unspecified atom stereocenters. The van der Waals surface area contributed by atoms with Gasteiger partial charge in [-0.15, -0.1) is 0 Å². The third kappa shape index (κ3) is 3.54. The van der Waals surface area contributed by atoms with Crippen molar-refractivity contribution < 1.29 is 4.79 Å². The fraction of sp³-hybridized carbons (Fsp3) is 0.400. The molecule has 0 atom stereocenters. The Morgan fingerprint density at radius 3 is 2.65 bits per heavy atom. The van der Waals surface area contributed by atoms with Crippen LogP contribution in [0.4, 0.5) is 0 Å². The lowest BCUT2D eigenvalue weighted by Crippen LogP contribution is -2.33. The molecule has 1 aromatic heterocycles. The molecule has 20 heavy (non-hydrogen) atoms. The normalized spacial score (nSPS) is 10.7. The lowest BCUT2D eigenvalue weighted by Gasteiger charge is -2.21. The summed E-state index contributed by atoms with van der Waals surface area (Å²) in [5.41, 5.74) is 2.24. The Hall–Kier alpha value is -1.49. The number of benzene rings is 1. The molecule has 1 amide bonds. The van der Waals surface area contributed by atoms with Crippen molar-refractivity contribution in [2.75, 3.05) is 18.4 Å². The molecule has 0 spiro atoms. The zero-order valence-electron chi connectivity index (χ0n) is 11.6. The number of hydrogen-bond acceptors (Lipinski definition) is 3. The highest BCUT2D eigenvalue weighted by Gasteiger charge is 2.15. The van der Waals surface area contributed by atoms with Crippen LogP contribution in [-0.2, 0) is 0 Å². The predicted molar refractivity (Wildman–Crippen MR) is 84.1 cm³/mol. The van der Waals surface area contributed by atoms with Gasteiger partial charge in [0.2, 0.25) is 0 Å². The second-order valence-corrected chi connectivity index (χ2v) is 5.39. The number of halogens is 1. The van der Waals surface area contributed by atoms with Gasteiger partial charge in [0.1, 0.15) is 0 Å². The minimum atomic E-state index is 0.0606. The summed E-state index contributed by atoms with van der Waals surface area (Å²) in [6, 6.07) is 5.49. The molecular formula is C15H18BrN3O. The van der Waals surface area contributed by atoms with Crippen LogP contribution in [0.1, 0.15) is 30.1 Å². The molecule has 0 saturated heterocycles. The van der Waals surface area contributed by atoms with Crippen LogP contribution in [0.3, 0.4) is 0 Å². The molecule has 0 fully saturated rings. The second kappa shape index (κ2) is 7.33. The third-order valence-electron chi connectivity index (χ3n) is 3.14. The number of carbonyl (C=O) groups excluding carboxylic acids is 1. The molecule has 2 aromatic rings. The van der Waals surface area contributed by atoms with Crippen molar-refractivity contribution in [1.29, 1.82) is 0 Å². The van der Waals surface area contributed by atoms with E-state index in [0.717, 1.165) is 42.3 Å². The maximum absolute atomic E-state index is 12.5. The van der Waals surface area contributed by atoms with Crippen LogP contribution in [0.15, 0.2) is 30.6 Å². The summed E-state index contributed by atoms with van der Waals surface area (Å²) in [6.45, 7) is 3.64. The highest BCUT2D eigenvalue weighted by atomic mass is 79.9. The molecule has 2 rings (SSSR count). The molecule has 0 bridgehead atoms. The molecule has 0 N–H and O–H groups in total. The van der Waals surface area contributed by atoms with E-state index >= 15 is 0 Å². The van der Waals surface area contributed by atoms with Crippen LogP contribution in [0.25, 0.3) is 11.0 Å². The molecule has 0 aliphatic rings. The van der Waals surface area contributed by atoms with Gasteiger partial charge < -0.3 is 4.90 Å². The molecule has 5 heteroatoms. The number of amides is 1. The second-order valence-electron chi connectivity index (χ2n) is 4.59. The quantitative estimate of drug-likeness (QED) is 0.761. The molecule has 1 heterocycles. The number of carbonyl (C=O) groups is 1. The van der Waals surface area contributed by atoms with Gasteiger partial charge in [0.25, 0.3) is 5.91 Å². The van der Waals surface area contributed by atoms with Crippen molar-refractivity contribution in [3.05, 3.63) is 36.2 Å². The van der Waals surface area contributed by atoms with Crippen molar-refractivity contribution in [2.24, 2.45) is 0 Å². The Balaban J connectivity index is 2.23. The van der Waals surface area contributed by atoms with Crippen molar-refractivity contribution in [2.45, 2.75) is 19.8 Å². The Bertz CT molecular complexity index is 588. The van der Waals surface area contributed by atoms with Crippen molar-refractivity contribution in [3.8, 4) is 0 Å². The molecule has 0 aliphatic carbocycles. The fourth-order valence-corrected chi connectivity index (χ4v) is 2.47. The highest BCUT2D eigenvalue weighted by Crippen LogP contribution is 2.13. The zero-order chi connectivity index (χ0) is 14.4. The van der Waals surface area contributed by atoms with E-state index in [0.29, 0.717) is 5.56 Å². The summed E-state index contributed by atoms with van der Waals surface area (Å²) < 4.78 is 0. The Morgan fingerprint density at radius 2 is 1.95 bits per heavy atom. The summed E-state index contributed by atoms with van der Waals surface area (Å²) >= 11 is 3.41. The summed E-state index contributed by atoms with van der Waals surface area (Å²) in [4.78, 5) is 22.9. The van der Waals surface area contributed by atoms with Gasteiger partial charge in [-0.3, -0.25) is 14.8 Å². The van der Waals surface area contributed by atoms with E-state index < -0.39 is 0 Å². The Kier molecular flexibility index (Phi) is 5.47. The molecule has 0 saturated carbocycles. The van der Waals surface area contributed by atoms with Crippen LogP contribution in [0, 0.1) is 0 Å². The average Bonchev–Trinajstić information content (AvgIpc) is 2.50. The number of rotatable bonds is 6. The summed E-state index contributed by atoms with van der Waals surface area (Å²) in [7, 11) is 0. The first-order valence-corrected chi connectivity index (χ1v) is 7.94. The maximum Gasteiger partial charge on any atom is 0.253 e. The van der Waals surface area contributed by atoms with Gasteiger partial charge >= 0.3 is 0 Å². The first kappa shape index (κ1) is 14.9. The van der Waals surface area contributed by atoms with Crippen molar-refractivity contribution in [1.82, 2.24) is 14.9 Å². The fourth-order valence-electron chi connectivity index (χ4n) is 2.04. The zero-order valence-corrected chi connectivity index (χ0v) is 13.1. The van der Waals surface area contributed by atoms with Gasteiger partial charge in [-0.05, 0) is 24.6 Å².